The van der Waals surface area contributed by atoms with E-state index < -0.39 is 28.8 Å². The van der Waals surface area contributed by atoms with Crippen molar-refractivity contribution >= 4 is 23.5 Å². The highest BCUT2D eigenvalue weighted by Gasteiger charge is 2.40. The van der Waals surface area contributed by atoms with E-state index in [0.29, 0.717) is 0 Å². The number of carbonyl (C=O) groups excluding carboxylic acids is 3. The van der Waals surface area contributed by atoms with Crippen LogP contribution >= 0.6 is 0 Å². The molecule has 1 aromatic rings. The van der Waals surface area contributed by atoms with Crippen molar-refractivity contribution in [3.05, 3.63) is 39.4 Å². The van der Waals surface area contributed by atoms with Gasteiger partial charge in [0.2, 0.25) is 0 Å². The molecule has 0 aromatic heterocycles. The molecule has 128 valence electrons. The average Bonchev–Trinajstić information content (AvgIpc) is 2.91. The van der Waals surface area contributed by atoms with Crippen molar-refractivity contribution in [3.63, 3.8) is 0 Å². The highest BCUT2D eigenvalue weighted by Crippen LogP contribution is 2.32. The van der Waals surface area contributed by atoms with Crippen molar-refractivity contribution in [2.24, 2.45) is 0 Å². The standard InChI is InChI=1S/C15H16N2O7/c1-23-13(18)7-6-12(15(20)24-2)16-8-10-9(14(16)19)4-3-5-11(10)17(21)22/h3-5,12H,6-8H2,1-2H3. The molecule has 9 heteroatoms. The second-order valence-electron chi connectivity index (χ2n) is 5.15. The largest absolute Gasteiger partial charge is 0.469 e. The van der Waals surface area contributed by atoms with E-state index in [9.17, 15) is 24.5 Å². The Bertz CT molecular complexity index is 701. The number of nitrogens with zero attached hydrogens (tertiary/aromatic N) is 2. The lowest BCUT2D eigenvalue weighted by atomic mass is 10.1. The Labute approximate surface area is 137 Å². The molecule has 0 spiro atoms. The summed E-state index contributed by atoms with van der Waals surface area (Å²) in [6.07, 6.45) is -0.0780. The number of amides is 1. The third-order valence-electron chi connectivity index (χ3n) is 3.87. The first-order valence-corrected chi connectivity index (χ1v) is 7.12. The Hall–Kier alpha value is -2.97. The minimum Gasteiger partial charge on any atom is -0.469 e. The molecule has 1 aromatic carbocycles. The number of methoxy groups -OCH3 is 2. The first-order valence-electron chi connectivity index (χ1n) is 7.12. The summed E-state index contributed by atoms with van der Waals surface area (Å²) in [6, 6.07) is 3.17. The zero-order valence-corrected chi connectivity index (χ0v) is 13.2. The second kappa shape index (κ2) is 7.07. The number of carbonyl (C=O) groups is 3. The van der Waals surface area contributed by atoms with Gasteiger partial charge in [0.05, 0.1) is 36.8 Å². The maximum Gasteiger partial charge on any atom is 0.328 e. The van der Waals surface area contributed by atoms with Crippen LogP contribution in [0.4, 0.5) is 5.69 Å². The van der Waals surface area contributed by atoms with Crippen molar-refractivity contribution < 1.29 is 28.8 Å². The second-order valence-corrected chi connectivity index (χ2v) is 5.15. The Balaban J connectivity index is 2.30. The van der Waals surface area contributed by atoms with Gasteiger partial charge in [-0.15, -0.1) is 0 Å². The zero-order valence-electron chi connectivity index (χ0n) is 13.2. The van der Waals surface area contributed by atoms with Gasteiger partial charge in [-0.2, -0.15) is 0 Å². The minimum absolute atomic E-state index is 0.00682. The van der Waals surface area contributed by atoms with E-state index in [1.165, 1.54) is 37.3 Å². The molecule has 1 amide bonds. The van der Waals surface area contributed by atoms with Gasteiger partial charge >= 0.3 is 11.9 Å². The molecular weight excluding hydrogens is 320 g/mol. The van der Waals surface area contributed by atoms with Gasteiger partial charge in [-0.05, 0) is 12.5 Å². The molecule has 0 saturated carbocycles. The first kappa shape index (κ1) is 17.4. The zero-order chi connectivity index (χ0) is 17.9. The number of nitro groups is 1. The third-order valence-corrected chi connectivity index (χ3v) is 3.87. The molecule has 1 aliphatic rings. The van der Waals surface area contributed by atoms with E-state index in [2.05, 4.69) is 4.74 Å². The van der Waals surface area contributed by atoms with Crippen molar-refractivity contribution in [2.45, 2.75) is 25.4 Å². The number of esters is 2. The monoisotopic (exact) mass is 336 g/mol. The highest BCUT2D eigenvalue weighted by molar-refractivity contribution is 6.01. The molecule has 0 fully saturated rings. The molecule has 0 bridgehead atoms. The van der Waals surface area contributed by atoms with Crippen LogP contribution in [-0.2, 0) is 25.6 Å². The van der Waals surface area contributed by atoms with E-state index in [4.69, 9.17) is 4.74 Å². The van der Waals surface area contributed by atoms with Crippen LogP contribution in [0.5, 0.6) is 0 Å². The molecule has 0 saturated heterocycles. The van der Waals surface area contributed by atoms with Gasteiger partial charge in [0.15, 0.2) is 0 Å². The maximum atomic E-state index is 12.5. The van der Waals surface area contributed by atoms with Crippen molar-refractivity contribution in [2.75, 3.05) is 14.2 Å². The molecule has 9 nitrogen and oxygen atoms in total. The lowest BCUT2D eigenvalue weighted by Crippen LogP contribution is -2.42. The normalized spacial score (nSPS) is 14.1. The summed E-state index contributed by atoms with van der Waals surface area (Å²) in [5.74, 6) is -1.73. The van der Waals surface area contributed by atoms with Gasteiger partial charge in [-0.25, -0.2) is 4.79 Å². The van der Waals surface area contributed by atoms with Crippen LogP contribution in [0.1, 0.15) is 28.8 Å². The molecule has 1 aliphatic heterocycles. The van der Waals surface area contributed by atoms with E-state index in [1.807, 2.05) is 0 Å². The number of hydrogen-bond acceptors (Lipinski definition) is 7. The van der Waals surface area contributed by atoms with Crippen LogP contribution in [0.3, 0.4) is 0 Å². The highest BCUT2D eigenvalue weighted by atomic mass is 16.6. The lowest BCUT2D eigenvalue weighted by molar-refractivity contribution is -0.385. The molecule has 2 rings (SSSR count). The Morgan fingerprint density at radius 1 is 1.33 bits per heavy atom. The molecular formula is C15H16N2O7. The lowest BCUT2D eigenvalue weighted by Gasteiger charge is -2.25. The summed E-state index contributed by atoms with van der Waals surface area (Å²) >= 11 is 0. The van der Waals surface area contributed by atoms with Gasteiger partial charge in [-0.1, -0.05) is 6.07 Å². The smallest absolute Gasteiger partial charge is 0.328 e. The minimum atomic E-state index is -1.02. The Morgan fingerprint density at radius 3 is 2.62 bits per heavy atom. The van der Waals surface area contributed by atoms with E-state index in [-0.39, 0.29) is 36.2 Å². The van der Waals surface area contributed by atoms with Crippen LogP contribution in [-0.4, -0.2) is 47.9 Å². The van der Waals surface area contributed by atoms with Crippen LogP contribution in [0.15, 0.2) is 18.2 Å². The molecule has 1 unspecified atom stereocenters. The average molecular weight is 336 g/mol. The Morgan fingerprint density at radius 2 is 2.04 bits per heavy atom. The number of ether oxygens (including phenoxy) is 2. The predicted molar refractivity (Wildman–Crippen MR) is 80.0 cm³/mol. The Kier molecular flexibility index (Phi) is 5.12. The third kappa shape index (κ3) is 3.19. The van der Waals surface area contributed by atoms with Crippen molar-refractivity contribution in [1.82, 2.24) is 4.90 Å². The summed E-state index contributed by atoms with van der Waals surface area (Å²) < 4.78 is 9.23. The van der Waals surface area contributed by atoms with E-state index >= 15 is 0 Å². The van der Waals surface area contributed by atoms with Crippen LogP contribution < -0.4 is 0 Å². The summed E-state index contributed by atoms with van der Waals surface area (Å²) in [5, 5.41) is 11.1. The number of rotatable bonds is 6. The summed E-state index contributed by atoms with van der Waals surface area (Å²) in [4.78, 5) is 47.6. The molecule has 1 atom stereocenters. The maximum absolute atomic E-state index is 12.5. The van der Waals surface area contributed by atoms with E-state index in [1.54, 1.807) is 0 Å². The molecule has 1 heterocycles. The number of nitro benzene ring substituents is 1. The molecule has 0 radical (unpaired) electrons. The summed E-state index contributed by atoms with van der Waals surface area (Å²) in [6.45, 7) is -0.0910. The van der Waals surface area contributed by atoms with Gasteiger partial charge in [0.25, 0.3) is 11.6 Å². The van der Waals surface area contributed by atoms with Gasteiger partial charge < -0.3 is 14.4 Å². The number of fused-ring (bicyclic) bond motifs is 1. The van der Waals surface area contributed by atoms with E-state index in [0.717, 1.165) is 0 Å². The predicted octanol–water partition coefficient (Wildman–Crippen LogP) is 1.05. The summed E-state index contributed by atoms with van der Waals surface area (Å²) in [7, 11) is 2.39. The van der Waals surface area contributed by atoms with Gasteiger partial charge in [0.1, 0.15) is 6.04 Å². The van der Waals surface area contributed by atoms with Gasteiger partial charge in [-0.3, -0.25) is 19.7 Å². The molecule has 0 aliphatic carbocycles. The van der Waals surface area contributed by atoms with Crippen LogP contribution in [0, 0.1) is 10.1 Å². The summed E-state index contributed by atoms with van der Waals surface area (Å²) in [5.41, 5.74) is 0.246. The van der Waals surface area contributed by atoms with Crippen LogP contribution in [0.2, 0.25) is 0 Å². The number of benzene rings is 1. The quantitative estimate of drug-likeness (QED) is 0.433. The molecule has 24 heavy (non-hydrogen) atoms. The first-order chi connectivity index (χ1) is 11.4. The SMILES string of the molecule is COC(=O)CCC(C(=O)OC)N1Cc2c(cccc2[N+](=O)[O-])C1=O. The van der Waals surface area contributed by atoms with Gasteiger partial charge in [0, 0.05) is 12.5 Å². The van der Waals surface area contributed by atoms with Crippen molar-refractivity contribution in [3.8, 4) is 0 Å². The fraction of sp³-hybridized carbons (Fsp3) is 0.400. The fourth-order valence-corrected chi connectivity index (χ4v) is 2.65. The van der Waals surface area contributed by atoms with Crippen molar-refractivity contribution in [1.29, 1.82) is 0 Å². The number of hydrogen-bond donors (Lipinski definition) is 0. The van der Waals surface area contributed by atoms with Crippen LogP contribution in [0.25, 0.3) is 0 Å². The topological polar surface area (TPSA) is 116 Å². The molecule has 0 N–H and O–H groups in total. The fourth-order valence-electron chi connectivity index (χ4n) is 2.65.